The zero-order valence-corrected chi connectivity index (χ0v) is 9.37. The van der Waals surface area contributed by atoms with Crippen LogP contribution in [-0.4, -0.2) is 49.7 Å². The summed E-state index contributed by atoms with van der Waals surface area (Å²) in [6, 6.07) is 0.0209. The molecular weight excluding hydrogens is 192 g/mol. The zero-order chi connectivity index (χ0) is 10.7. The van der Waals surface area contributed by atoms with Crippen molar-refractivity contribution < 1.29 is 9.53 Å². The summed E-state index contributed by atoms with van der Waals surface area (Å²) in [5, 5.41) is 3.10. The Balaban J connectivity index is 1.91. The number of likely N-dealkylation sites (N-methyl/N-ethyl adjacent to an activating group) is 1. The van der Waals surface area contributed by atoms with Crippen molar-refractivity contribution >= 4 is 5.91 Å². The van der Waals surface area contributed by atoms with Crippen LogP contribution in [0.5, 0.6) is 0 Å². The second-order valence-electron chi connectivity index (χ2n) is 4.40. The van der Waals surface area contributed by atoms with Crippen molar-refractivity contribution in [2.75, 3.05) is 26.7 Å². The molecule has 2 rings (SSSR count). The minimum atomic E-state index is 0.0209. The van der Waals surface area contributed by atoms with E-state index in [2.05, 4.69) is 5.32 Å². The summed E-state index contributed by atoms with van der Waals surface area (Å²) in [5.41, 5.74) is 0. The Morgan fingerprint density at radius 1 is 1.47 bits per heavy atom. The van der Waals surface area contributed by atoms with Crippen LogP contribution in [0.25, 0.3) is 0 Å². The van der Waals surface area contributed by atoms with Crippen molar-refractivity contribution in [2.45, 2.75) is 37.8 Å². The molecule has 2 atom stereocenters. The molecule has 0 aliphatic carbocycles. The van der Waals surface area contributed by atoms with Gasteiger partial charge in [-0.1, -0.05) is 0 Å². The van der Waals surface area contributed by atoms with Crippen LogP contribution in [-0.2, 0) is 9.53 Å². The summed E-state index contributed by atoms with van der Waals surface area (Å²) >= 11 is 0. The number of nitrogens with zero attached hydrogens (tertiary/aromatic N) is 1. The van der Waals surface area contributed by atoms with Crippen molar-refractivity contribution in [3.05, 3.63) is 0 Å². The zero-order valence-electron chi connectivity index (χ0n) is 9.37. The normalized spacial score (nSPS) is 32.3. The number of nitrogens with one attached hydrogen (secondary N) is 1. The molecule has 2 heterocycles. The standard InChI is InChI=1S/C11H20N2O2/c1-12-10-4-2-3-6-13(11(10)14)8-9-5-7-15-9/h9-10,12H,2-8H2,1H3. The summed E-state index contributed by atoms with van der Waals surface area (Å²) in [7, 11) is 1.87. The summed E-state index contributed by atoms with van der Waals surface area (Å²) in [4.78, 5) is 14.0. The first-order valence-corrected chi connectivity index (χ1v) is 5.89. The van der Waals surface area contributed by atoms with Gasteiger partial charge in [-0.05, 0) is 32.7 Å². The highest BCUT2D eigenvalue weighted by Crippen LogP contribution is 2.17. The van der Waals surface area contributed by atoms with E-state index in [1.807, 2.05) is 11.9 Å². The Hall–Kier alpha value is -0.610. The van der Waals surface area contributed by atoms with Gasteiger partial charge in [0.15, 0.2) is 0 Å². The first-order valence-electron chi connectivity index (χ1n) is 5.89. The van der Waals surface area contributed by atoms with Crippen LogP contribution in [0.3, 0.4) is 0 Å². The number of carbonyl (C=O) groups is 1. The smallest absolute Gasteiger partial charge is 0.239 e. The molecule has 0 radical (unpaired) electrons. The molecular formula is C11H20N2O2. The van der Waals surface area contributed by atoms with E-state index in [4.69, 9.17) is 4.74 Å². The highest BCUT2D eigenvalue weighted by atomic mass is 16.5. The molecule has 4 heteroatoms. The van der Waals surface area contributed by atoms with E-state index < -0.39 is 0 Å². The predicted octanol–water partition coefficient (Wildman–Crippen LogP) is 0.376. The van der Waals surface area contributed by atoms with Crippen LogP contribution in [0.2, 0.25) is 0 Å². The van der Waals surface area contributed by atoms with Crippen molar-refractivity contribution in [1.29, 1.82) is 0 Å². The first kappa shape index (κ1) is 10.9. The van der Waals surface area contributed by atoms with Gasteiger partial charge in [-0.3, -0.25) is 4.79 Å². The van der Waals surface area contributed by atoms with Crippen molar-refractivity contribution in [3.63, 3.8) is 0 Å². The fourth-order valence-electron chi connectivity index (χ4n) is 2.23. The second-order valence-corrected chi connectivity index (χ2v) is 4.40. The average Bonchev–Trinajstić information content (AvgIpc) is 2.35. The molecule has 15 heavy (non-hydrogen) atoms. The van der Waals surface area contributed by atoms with Crippen LogP contribution in [0.15, 0.2) is 0 Å². The average molecular weight is 212 g/mol. The Labute approximate surface area is 91.0 Å². The molecule has 0 aromatic rings. The summed E-state index contributed by atoms with van der Waals surface area (Å²) in [6.45, 7) is 2.55. The molecule has 0 bridgehead atoms. The molecule has 2 unspecified atom stereocenters. The maximum absolute atomic E-state index is 12.1. The number of amides is 1. The molecule has 0 spiro atoms. The highest BCUT2D eigenvalue weighted by Gasteiger charge is 2.29. The molecule has 1 amide bonds. The van der Waals surface area contributed by atoms with Crippen LogP contribution >= 0.6 is 0 Å². The minimum absolute atomic E-state index is 0.0209. The topological polar surface area (TPSA) is 41.6 Å². The fraction of sp³-hybridized carbons (Fsp3) is 0.909. The third kappa shape index (κ3) is 2.49. The number of hydrogen-bond acceptors (Lipinski definition) is 3. The summed E-state index contributed by atoms with van der Waals surface area (Å²) in [5.74, 6) is 0.255. The van der Waals surface area contributed by atoms with E-state index in [1.54, 1.807) is 0 Å². The van der Waals surface area contributed by atoms with Gasteiger partial charge in [-0.2, -0.15) is 0 Å². The molecule has 0 saturated carbocycles. The van der Waals surface area contributed by atoms with Gasteiger partial charge in [-0.15, -0.1) is 0 Å². The van der Waals surface area contributed by atoms with Gasteiger partial charge in [0.25, 0.3) is 0 Å². The maximum Gasteiger partial charge on any atom is 0.239 e. The number of rotatable bonds is 3. The fourth-order valence-corrected chi connectivity index (χ4v) is 2.23. The van der Waals surface area contributed by atoms with E-state index in [9.17, 15) is 4.79 Å². The maximum atomic E-state index is 12.1. The predicted molar refractivity (Wildman–Crippen MR) is 57.6 cm³/mol. The third-order valence-electron chi connectivity index (χ3n) is 3.35. The number of carbonyl (C=O) groups excluding carboxylic acids is 1. The monoisotopic (exact) mass is 212 g/mol. The lowest BCUT2D eigenvalue weighted by atomic mass is 10.1. The van der Waals surface area contributed by atoms with Gasteiger partial charge in [0.1, 0.15) is 0 Å². The van der Waals surface area contributed by atoms with Crippen LogP contribution in [0.4, 0.5) is 0 Å². The number of ether oxygens (including phenoxy) is 1. The van der Waals surface area contributed by atoms with Gasteiger partial charge in [-0.25, -0.2) is 0 Å². The summed E-state index contributed by atoms with van der Waals surface area (Å²) < 4.78 is 5.38. The molecule has 0 aromatic carbocycles. The lowest BCUT2D eigenvalue weighted by molar-refractivity contribution is -0.138. The van der Waals surface area contributed by atoms with E-state index in [0.29, 0.717) is 6.10 Å². The van der Waals surface area contributed by atoms with Gasteiger partial charge < -0.3 is 15.0 Å². The molecule has 2 aliphatic rings. The molecule has 2 fully saturated rings. The van der Waals surface area contributed by atoms with Gasteiger partial charge in [0.2, 0.25) is 5.91 Å². The Morgan fingerprint density at radius 3 is 2.87 bits per heavy atom. The van der Waals surface area contributed by atoms with Gasteiger partial charge in [0, 0.05) is 19.7 Å². The van der Waals surface area contributed by atoms with Crippen LogP contribution in [0, 0.1) is 0 Å². The van der Waals surface area contributed by atoms with Crippen LogP contribution < -0.4 is 5.32 Å². The van der Waals surface area contributed by atoms with Crippen molar-refractivity contribution in [2.24, 2.45) is 0 Å². The minimum Gasteiger partial charge on any atom is -0.376 e. The molecule has 4 nitrogen and oxygen atoms in total. The van der Waals surface area contributed by atoms with Crippen molar-refractivity contribution in [1.82, 2.24) is 10.2 Å². The van der Waals surface area contributed by atoms with Crippen molar-refractivity contribution in [3.8, 4) is 0 Å². The molecule has 2 saturated heterocycles. The van der Waals surface area contributed by atoms with Crippen LogP contribution in [0.1, 0.15) is 25.7 Å². The summed E-state index contributed by atoms with van der Waals surface area (Å²) in [6.07, 6.45) is 4.63. The first-order chi connectivity index (χ1) is 7.31. The van der Waals surface area contributed by atoms with Gasteiger partial charge in [0.05, 0.1) is 12.1 Å². The Morgan fingerprint density at radius 2 is 2.27 bits per heavy atom. The quantitative estimate of drug-likeness (QED) is 0.735. The molecule has 1 N–H and O–H groups in total. The SMILES string of the molecule is CNC1CCCCN(CC2CCO2)C1=O. The van der Waals surface area contributed by atoms with E-state index >= 15 is 0 Å². The molecule has 2 aliphatic heterocycles. The van der Waals surface area contributed by atoms with Gasteiger partial charge >= 0.3 is 0 Å². The van der Waals surface area contributed by atoms with E-state index in [1.165, 1.54) is 0 Å². The highest BCUT2D eigenvalue weighted by molar-refractivity contribution is 5.82. The Bertz CT molecular complexity index is 229. The number of likely N-dealkylation sites (tertiary alicyclic amines) is 1. The van der Waals surface area contributed by atoms with E-state index in [0.717, 1.165) is 45.4 Å². The number of hydrogen-bond donors (Lipinski definition) is 1. The van der Waals surface area contributed by atoms with E-state index in [-0.39, 0.29) is 11.9 Å². The second kappa shape index (κ2) is 4.94. The largest absolute Gasteiger partial charge is 0.376 e. The molecule has 86 valence electrons. The molecule has 0 aromatic heterocycles. The Kier molecular flexibility index (Phi) is 3.59. The lowest BCUT2D eigenvalue weighted by Gasteiger charge is -2.33. The lowest BCUT2D eigenvalue weighted by Crippen LogP contribution is -2.48. The third-order valence-corrected chi connectivity index (χ3v) is 3.35.